The Hall–Kier alpha value is -2.37. The summed E-state index contributed by atoms with van der Waals surface area (Å²) >= 11 is 0. The van der Waals surface area contributed by atoms with E-state index in [-0.39, 0.29) is 22.9 Å². The minimum Gasteiger partial charge on any atom is -0.436 e. The average molecular weight is 322 g/mol. The SMILES string of the molecule is C=Cc1oc(-c2ccncc2CC)nc1/C(C)=C(\C)C(F)(F)F. The van der Waals surface area contributed by atoms with Crippen LogP contribution in [-0.2, 0) is 6.42 Å². The Morgan fingerprint density at radius 1 is 1.35 bits per heavy atom. The summed E-state index contributed by atoms with van der Waals surface area (Å²) in [7, 11) is 0. The zero-order chi connectivity index (χ0) is 17.2. The van der Waals surface area contributed by atoms with Gasteiger partial charge in [0.25, 0.3) is 0 Å². The second-order valence-electron chi connectivity index (χ2n) is 5.07. The number of aryl methyl sites for hydroxylation is 1. The third-order valence-corrected chi connectivity index (χ3v) is 3.70. The third kappa shape index (κ3) is 3.36. The number of allylic oxidation sites excluding steroid dienone is 2. The third-order valence-electron chi connectivity index (χ3n) is 3.70. The van der Waals surface area contributed by atoms with Crippen molar-refractivity contribution in [3.63, 3.8) is 0 Å². The molecule has 0 saturated heterocycles. The molecule has 0 aliphatic rings. The van der Waals surface area contributed by atoms with Crippen molar-refractivity contribution < 1.29 is 17.6 Å². The van der Waals surface area contributed by atoms with Gasteiger partial charge in [-0.2, -0.15) is 13.2 Å². The normalized spacial score (nSPS) is 13.0. The summed E-state index contributed by atoms with van der Waals surface area (Å²) in [5.41, 5.74) is 1.10. The minimum atomic E-state index is -4.41. The summed E-state index contributed by atoms with van der Waals surface area (Å²) in [4.78, 5) is 8.31. The summed E-state index contributed by atoms with van der Waals surface area (Å²) in [6.45, 7) is 7.96. The maximum atomic E-state index is 12.9. The predicted octanol–water partition coefficient (Wildman–Crippen LogP) is 5.30. The van der Waals surface area contributed by atoms with Crippen molar-refractivity contribution in [2.24, 2.45) is 0 Å². The van der Waals surface area contributed by atoms with E-state index in [9.17, 15) is 13.2 Å². The van der Waals surface area contributed by atoms with E-state index in [0.29, 0.717) is 12.0 Å². The van der Waals surface area contributed by atoms with E-state index in [0.717, 1.165) is 12.5 Å². The van der Waals surface area contributed by atoms with E-state index in [1.807, 2.05) is 6.92 Å². The van der Waals surface area contributed by atoms with Crippen LogP contribution in [-0.4, -0.2) is 16.1 Å². The molecule has 0 aliphatic heterocycles. The van der Waals surface area contributed by atoms with Crippen LogP contribution < -0.4 is 0 Å². The molecule has 2 heterocycles. The number of hydrogen-bond acceptors (Lipinski definition) is 3. The Kier molecular flexibility index (Phi) is 4.73. The number of oxazole rings is 1. The zero-order valence-corrected chi connectivity index (χ0v) is 13.2. The van der Waals surface area contributed by atoms with Gasteiger partial charge in [-0.15, -0.1) is 0 Å². The van der Waals surface area contributed by atoms with Gasteiger partial charge in [-0.05, 0) is 43.5 Å². The van der Waals surface area contributed by atoms with Crippen LogP contribution in [0.5, 0.6) is 0 Å². The molecule has 3 nitrogen and oxygen atoms in total. The monoisotopic (exact) mass is 322 g/mol. The fourth-order valence-electron chi connectivity index (χ4n) is 2.16. The molecule has 0 unspecified atom stereocenters. The zero-order valence-electron chi connectivity index (χ0n) is 13.2. The summed E-state index contributed by atoms with van der Waals surface area (Å²) in [6.07, 6.45) is 0.950. The molecule has 0 fully saturated rings. The Balaban J connectivity index is 2.61. The molecule has 2 aromatic heterocycles. The molecule has 6 heteroatoms. The van der Waals surface area contributed by atoms with Gasteiger partial charge < -0.3 is 4.42 Å². The van der Waals surface area contributed by atoms with Crippen molar-refractivity contribution in [3.8, 4) is 11.5 Å². The Morgan fingerprint density at radius 3 is 2.61 bits per heavy atom. The number of hydrogen-bond donors (Lipinski definition) is 0. The molecule has 2 aromatic rings. The highest BCUT2D eigenvalue weighted by atomic mass is 19.4. The molecule has 0 aliphatic carbocycles. The van der Waals surface area contributed by atoms with Crippen molar-refractivity contribution in [1.29, 1.82) is 0 Å². The number of aromatic nitrogens is 2. The summed E-state index contributed by atoms with van der Waals surface area (Å²) in [5.74, 6) is 0.489. The van der Waals surface area contributed by atoms with Crippen LogP contribution >= 0.6 is 0 Å². The number of rotatable bonds is 4. The van der Waals surface area contributed by atoms with Crippen LogP contribution in [0.1, 0.15) is 37.8 Å². The van der Waals surface area contributed by atoms with Gasteiger partial charge in [-0.25, -0.2) is 4.98 Å². The molecular formula is C17H17F3N2O. The molecule has 0 N–H and O–H groups in total. The predicted molar refractivity (Wildman–Crippen MR) is 83.5 cm³/mol. The summed E-state index contributed by atoms with van der Waals surface area (Å²) in [6, 6.07) is 1.73. The molecule has 0 atom stereocenters. The van der Waals surface area contributed by atoms with Gasteiger partial charge >= 0.3 is 6.18 Å². The minimum absolute atomic E-state index is 0.0227. The van der Waals surface area contributed by atoms with E-state index < -0.39 is 11.7 Å². The maximum Gasteiger partial charge on any atom is 0.412 e. The Morgan fingerprint density at radius 2 is 2.04 bits per heavy atom. The summed E-state index contributed by atoms with van der Waals surface area (Å²) < 4.78 is 44.4. The first-order valence-corrected chi connectivity index (χ1v) is 7.11. The van der Waals surface area contributed by atoms with Gasteiger partial charge in [-0.1, -0.05) is 13.5 Å². The fourth-order valence-corrected chi connectivity index (χ4v) is 2.16. The number of alkyl halides is 3. The van der Waals surface area contributed by atoms with E-state index in [4.69, 9.17) is 4.42 Å². The standard InChI is InChI=1S/C17H17F3N2O/c1-5-12-9-21-8-7-13(12)16-22-15(14(6-2)23-16)10(3)11(4)17(18,19)20/h6-9H,2,5H2,1,3-4H3/b11-10+. The molecule has 2 rings (SSSR count). The van der Waals surface area contributed by atoms with E-state index >= 15 is 0 Å². The topological polar surface area (TPSA) is 38.9 Å². The molecule has 23 heavy (non-hydrogen) atoms. The smallest absolute Gasteiger partial charge is 0.412 e. The molecule has 0 bridgehead atoms. The van der Waals surface area contributed by atoms with Crippen LogP contribution in [0.3, 0.4) is 0 Å². The highest BCUT2D eigenvalue weighted by Crippen LogP contribution is 2.35. The Labute approximate surface area is 132 Å². The molecule has 0 spiro atoms. The first kappa shape index (κ1) is 17.0. The average Bonchev–Trinajstić information content (AvgIpc) is 2.96. The largest absolute Gasteiger partial charge is 0.436 e. The van der Waals surface area contributed by atoms with Crippen LogP contribution in [0.15, 0.2) is 35.0 Å². The first-order chi connectivity index (χ1) is 10.8. The maximum absolute atomic E-state index is 12.9. The molecule has 0 saturated carbocycles. The highest BCUT2D eigenvalue weighted by Gasteiger charge is 2.33. The van der Waals surface area contributed by atoms with Gasteiger partial charge in [0.15, 0.2) is 5.76 Å². The number of halogens is 3. The van der Waals surface area contributed by atoms with Gasteiger partial charge in [0.05, 0.1) is 0 Å². The fraction of sp³-hybridized carbons (Fsp3) is 0.294. The van der Waals surface area contributed by atoms with Crippen molar-refractivity contribution in [3.05, 3.63) is 47.6 Å². The van der Waals surface area contributed by atoms with Gasteiger partial charge in [0.1, 0.15) is 5.69 Å². The lowest BCUT2D eigenvalue weighted by atomic mass is 10.1. The molecule has 122 valence electrons. The first-order valence-electron chi connectivity index (χ1n) is 7.11. The van der Waals surface area contributed by atoms with Crippen molar-refractivity contribution >= 4 is 11.6 Å². The van der Waals surface area contributed by atoms with E-state index in [2.05, 4.69) is 16.5 Å². The van der Waals surface area contributed by atoms with E-state index in [1.165, 1.54) is 13.0 Å². The highest BCUT2D eigenvalue weighted by molar-refractivity contribution is 5.73. The van der Waals surface area contributed by atoms with Crippen molar-refractivity contribution in [2.75, 3.05) is 0 Å². The molecule has 0 amide bonds. The van der Waals surface area contributed by atoms with Crippen molar-refractivity contribution in [1.82, 2.24) is 9.97 Å². The van der Waals surface area contributed by atoms with Gasteiger partial charge in [0.2, 0.25) is 5.89 Å². The summed E-state index contributed by atoms with van der Waals surface area (Å²) in [5, 5.41) is 0. The lowest BCUT2D eigenvalue weighted by Gasteiger charge is -2.09. The van der Waals surface area contributed by atoms with Crippen LogP contribution in [0.25, 0.3) is 23.1 Å². The molecule has 0 radical (unpaired) electrons. The second-order valence-corrected chi connectivity index (χ2v) is 5.07. The lowest BCUT2D eigenvalue weighted by Crippen LogP contribution is -2.11. The van der Waals surface area contributed by atoms with Gasteiger partial charge in [-0.3, -0.25) is 4.98 Å². The quantitative estimate of drug-likeness (QED) is 0.767. The van der Waals surface area contributed by atoms with Crippen LogP contribution in [0, 0.1) is 0 Å². The molecule has 0 aromatic carbocycles. The Bertz CT molecular complexity index is 757. The van der Waals surface area contributed by atoms with Crippen LogP contribution in [0.2, 0.25) is 0 Å². The van der Waals surface area contributed by atoms with Gasteiger partial charge in [0, 0.05) is 23.5 Å². The number of pyridine rings is 1. The van der Waals surface area contributed by atoms with Crippen molar-refractivity contribution in [2.45, 2.75) is 33.4 Å². The lowest BCUT2D eigenvalue weighted by molar-refractivity contribution is -0.0907. The molecular weight excluding hydrogens is 305 g/mol. The second kappa shape index (κ2) is 6.40. The number of nitrogens with zero attached hydrogens (tertiary/aromatic N) is 2. The van der Waals surface area contributed by atoms with Crippen LogP contribution in [0.4, 0.5) is 13.2 Å². The van der Waals surface area contributed by atoms with E-state index in [1.54, 1.807) is 18.5 Å².